The van der Waals surface area contributed by atoms with Gasteiger partial charge in [-0.05, 0) is 116 Å². The number of pyridine rings is 2. The SMILES string of the molecule is CC(C)n1cnc2cc(-c3cnc4c(c3)N(C3CC(C)(N5CCCC6(CC6)C5)C3)C(=O)C4(C)C)nc(Nc3cc(C(=O)NC4(C(F)F)CC4)c(Cl)c(F)c3F)c21. The summed E-state index contributed by atoms with van der Waals surface area (Å²) in [7, 11) is 0. The number of halogens is 5. The summed E-state index contributed by atoms with van der Waals surface area (Å²) in [5, 5.41) is 4.31. The normalized spacial score (nSPS) is 24.5. The summed E-state index contributed by atoms with van der Waals surface area (Å²) in [6.45, 7) is 12.2. The quantitative estimate of drug-likeness (QED) is 0.129. The van der Waals surface area contributed by atoms with Crippen molar-refractivity contribution in [1.29, 1.82) is 0 Å². The minimum absolute atomic E-state index is 0.00388. The molecular weight excluding hydrogens is 748 g/mol. The molecule has 3 aromatic heterocycles. The van der Waals surface area contributed by atoms with Crippen LogP contribution in [0.5, 0.6) is 0 Å². The molecule has 5 aliphatic rings. The molecule has 0 radical (unpaired) electrons. The first-order valence-corrected chi connectivity index (χ1v) is 19.9. The molecule has 1 spiro atoms. The van der Waals surface area contributed by atoms with Crippen molar-refractivity contribution < 1.29 is 27.2 Å². The lowest BCUT2D eigenvalue weighted by atomic mass is 9.70. The zero-order valence-corrected chi connectivity index (χ0v) is 32.8. The van der Waals surface area contributed by atoms with Crippen molar-refractivity contribution in [3.8, 4) is 11.3 Å². The second-order valence-corrected chi connectivity index (χ2v) is 18.3. The van der Waals surface area contributed by atoms with Gasteiger partial charge in [0.05, 0.1) is 50.6 Å². The highest BCUT2D eigenvalue weighted by molar-refractivity contribution is 6.34. The summed E-state index contributed by atoms with van der Waals surface area (Å²) in [5.41, 5.74) is 0.359. The van der Waals surface area contributed by atoms with E-state index in [1.165, 1.54) is 25.7 Å². The molecule has 5 heterocycles. The number of fused-ring (bicyclic) bond motifs is 2. The van der Waals surface area contributed by atoms with Crippen LogP contribution in [0.25, 0.3) is 22.3 Å². The van der Waals surface area contributed by atoms with Gasteiger partial charge in [0, 0.05) is 35.9 Å². The van der Waals surface area contributed by atoms with Crippen LogP contribution < -0.4 is 15.5 Å². The predicted octanol–water partition coefficient (Wildman–Crippen LogP) is 8.70. The molecule has 3 saturated carbocycles. The number of amides is 2. The fraction of sp³-hybridized carbons (Fsp3) is 0.537. The van der Waals surface area contributed by atoms with E-state index in [4.69, 9.17) is 21.6 Å². The van der Waals surface area contributed by atoms with Crippen molar-refractivity contribution in [2.24, 2.45) is 5.41 Å². The van der Waals surface area contributed by atoms with E-state index in [2.05, 4.69) is 27.4 Å². The maximum absolute atomic E-state index is 15.6. The van der Waals surface area contributed by atoms with Crippen LogP contribution >= 0.6 is 11.6 Å². The highest BCUT2D eigenvalue weighted by Crippen LogP contribution is 2.56. The second-order valence-electron chi connectivity index (χ2n) is 17.9. The highest BCUT2D eigenvalue weighted by atomic mass is 35.5. The molecule has 0 atom stereocenters. The number of nitrogens with zero attached hydrogens (tertiary/aromatic N) is 6. The number of benzene rings is 1. The van der Waals surface area contributed by atoms with E-state index in [0.717, 1.165) is 37.7 Å². The van der Waals surface area contributed by atoms with Crippen LogP contribution in [0.2, 0.25) is 5.02 Å². The molecule has 4 fully saturated rings. The van der Waals surface area contributed by atoms with Crippen molar-refractivity contribution in [2.45, 2.75) is 121 Å². The van der Waals surface area contributed by atoms with E-state index in [0.29, 0.717) is 33.4 Å². The molecule has 1 saturated heterocycles. The number of piperidine rings is 1. The number of likely N-dealkylation sites (tertiary alicyclic amines) is 1. The topological polar surface area (TPSA) is 108 Å². The van der Waals surface area contributed by atoms with Gasteiger partial charge in [0.15, 0.2) is 17.5 Å². The predicted molar refractivity (Wildman–Crippen MR) is 206 cm³/mol. The lowest BCUT2D eigenvalue weighted by Gasteiger charge is -2.56. The Bertz CT molecular complexity index is 2310. The summed E-state index contributed by atoms with van der Waals surface area (Å²) in [4.78, 5) is 46.2. The van der Waals surface area contributed by atoms with E-state index >= 15 is 8.78 Å². The number of rotatable bonds is 9. The van der Waals surface area contributed by atoms with E-state index in [1.54, 1.807) is 18.6 Å². The molecule has 15 heteroatoms. The lowest BCUT2D eigenvalue weighted by Crippen LogP contribution is -2.64. The Morgan fingerprint density at radius 1 is 1.00 bits per heavy atom. The highest BCUT2D eigenvalue weighted by Gasteiger charge is 2.57. The molecule has 4 aromatic rings. The average molecular weight is 793 g/mol. The first-order chi connectivity index (χ1) is 26.5. The van der Waals surface area contributed by atoms with Crippen LogP contribution in [0.15, 0.2) is 30.7 Å². The Morgan fingerprint density at radius 2 is 1.73 bits per heavy atom. The van der Waals surface area contributed by atoms with Crippen molar-refractivity contribution in [3.63, 3.8) is 0 Å². The monoisotopic (exact) mass is 792 g/mol. The van der Waals surface area contributed by atoms with Gasteiger partial charge in [0.1, 0.15) is 11.1 Å². The molecule has 0 unspecified atom stereocenters. The van der Waals surface area contributed by atoms with Crippen molar-refractivity contribution in [2.75, 3.05) is 23.3 Å². The van der Waals surface area contributed by atoms with Crippen LogP contribution in [0, 0.1) is 17.0 Å². The fourth-order valence-corrected chi connectivity index (χ4v) is 9.51. The van der Waals surface area contributed by atoms with Gasteiger partial charge < -0.3 is 20.1 Å². The molecule has 0 bridgehead atoms. The maximum atomic E-state index is 15.6. The van der Waals surface area contributed by atoms with E-state index in [-0.39, 0.29) is 42.2 Å². The zero-order chi connectivity index (χ0) is 39.7. The van der Waals surface area contributed by atoms with Crippen molar-refractivity contribution >= 4 is 51.6 Å². The van der Waals surface area contributed by atoms with Gasteiger partial charge in [-0.25, -0.2) is 27.5 Å². The van der Waals surface area contributed by atoms with Gasteiger partial charge in [-0.15, -0.1) is 0 Å². The number of nitrogens with one attached hydrogen (secondary N) is 2. The Kier molecular flexibility index (Phi) is 8.39. The molecule has 2 aliphatic heterocycles. The summed E-state index contributed by atoms with van der Waals surface area (Å²) < 4.78 is 60.1. The number of carbonyl (C=O) groups excluding carboxylic acids is 2. The minimum Gasteiger partial charge on any atom is -0.341 e. The fourth-order valence-electron chi connectivity index (χ4n) is 9.28. The molecule has 2 amide bonds. The van der Waals surface area contributed by atoms with E-state index in [9.17, 15) is 18.4 Å². The molecule has 1 aromatic carbocycles. The van der Waals surface area contributed by atoms with Crippen LogP contribution in [-0.2, 0) is 10.2 Å². The van der Waals surface area contributed by atoms with Crippen LogP contribution in [0.4, 0.5) is 34.8 Å². The first-order valence-electron chi connectivity index (χ1n) is 19.5. The number of alkyl halides is 2. The number of hydrogen-bond donors (Lipinski definition) is 2. The standard InChI is InChI=1S/C41H45ClF4N8O2/c1-21(2)53-20-48-27-15-25(49-34(32(27)53)50-26-14-24(29(42)31(44)30(26)43)35(55)51-41(10-11-41)36(45)46)22-13-28-33(47-18-22)38(3,4)37(56)54(28)23-16-39(5,17-23)52-12-6-7-40(19-52)8-9-40/h13-15,18,20-21,23,36H,6-12,16-17,19H2,1-5H3,(H,49,50)(H,51,55). The average Bonchev–Trinajstić information content (AvgIpc) is 4.04. The molecule has 2 N–H and O–H groups in total. The summed E-state index contributed by atoms with van der Waals surface area (Å²) >= 11 is 6.08. The van der Waals surface area contributed by atoms with Gasteiger partial charge in [-0.3, -0.25) is 19.5 Å². The summed E-state index contributed by atoms with van der Waals surface area (Å²) in [6.07, 6.45) is 7.43. The molecule has 10 nitrogen and oxygen atoms in total. The van der Waals surface area contributed by atoms with Crippen LogP contribution in [0.3, 0.4) is 0 Å². The van der Waals surface area contributed by atoms with Gasteiger partial charge in [0.2, 0.25) is 5.91 Å². The Labute approximate surface area is 327 Å². The van der Waals surface area contributed by atoms with Gasteiger partial charge in [0.25, 0.3) is 12.3 Å². The first kappa shape index (κ1) is 37.3. The maximum Gasteiger partial charge on any atom is 0.261 e. The smallest absolute Gasteiger partial charge is 0.261 e. The van der Waals surface area contributed by atoms with Gasteiger partial charge >= 0.3 is 0 Å². The summed E-state index contributed by atoms with van der Waals surface area (Å²) in [6, 6.07) is 4.60. The number of imidazole rings is 1. The molecular formula is C41H45ClF4N8O2. The van der Waals surface area contributed by atoms with Crippen LogP contribution in [0.1, 0.15) is 108 Å². The molecule has 3 aliphatic carbocycles. The minimum atomic E-state index is -2.84. The Morgan fingerprint density at radius 3 is 2.39 bits per heavy atom. The number of aromatic nitrogens is 4. The second kappa shape index (κ2) is 12.6. The third-order valence-electron chi connectivity index (χ3n) is 13.2. The van der Waals surface area contributed by atoms with Crippen LogP contribution in [-0.4, -0.2) is 72.9 Å². The van der Waals surface area contributed by atoms with Crippen molar-refractivity contribution in [1.82, 2.24) is 29.7 Å². The van der Waals surface area contributed by atoms with Gasteiger partial charge in [-0.1, -0.05) is 11.6 Å². The van der Waals surface area contributed by atoms with E-state index in [1.807, 2.05) is 43.2 Å². The number of carbonyl (C=O) groups is 2. The molecule has 9 rings (SSSR count). The largest absolute Gasteiger partial charge is 0.341 e. The number of anilines is 3. The zero-order valence-electron chi connectivity index (χ0n) is 32.1. The molecule has 296 valence electrons. The Balaban J connectivity index is 1.07. The molecule has 56 heavy (non-hydrogen) atoms. The summed E-state index contributed by atoms with van der Waals surface area (Å²) in [5.74, 6) is -3.83. The Hall–Kier alpha value is -4.30. The van der Waals surface area contributed by atoms with Crippen molar-refractivity contribution in [3.05, 3.63) is 58.6 Å². The van der Waals surface area contributed by atoms with E-state index < -0.39 is 51.2 Å². The third kappa shape index (κ3) is 5.79. The van der Waals surface area contributed by atoms with Gasteiger partial charge in [-0.2, -0.15) is 0 Å². The number of hydrogen-bond acceptors (Lipinski definition) is 7. The lowest BCUT2D eigenvalue weighted by molar-refractivity contribution is -0.124. The third-order valence-corrected chi connectivity index (χ3v) is 13.6.